The fraction of sp³-hybridized carbons (Fsp3) is 0.100. The molecular weight excluding hydrogens is 482 g/mol. The highest BCUT2D eigenvalue weighted by Crippen LogP contribution is 2.35. The SMILES string of the molecule is CCOC(=O)C1=C(c2ccccc2)N=c2sc(=Cc3c[nH]c4ccccc34)c(=O)n2C1c1ccccc1. The Morgan fingerprint density at radius 3 is 2.49 bits per heavy atom. The molecule has 1 aliphatic heterocycles. The highest BCUT2D eigenvalue weighted by Gasteiger charge is 2.35. The number of hydrogen-bond donors (Lipinski definition) is 1. The number of H-pyrrole nitrogens is 1. The van der Waals surface area contributed by atoms with Gasteiger partial charge in [-0.25, -0.2) is 9.79 Å². The van der Waals surface area contributed by atoms with Crippen LogP contribution in [0.5, 0.6) is 0 Å². The summed E-state index contributed by atoms with van der Waals surface area (Å²) >= 11 is 1.32. The van der Waals surface area contributed by atoms with Crippen molar-refractivity contribution in [3.05, 3.63) is 133 Å². The maximum absolute atomic E-state index is 13.9. The number of carbonyl (C=O) groups excluding carboxylic acids is 1. The van der Waals surface area contributed by atoms with Crippen LogP contribution in [0.25, 0.3) is 22.7 Å². The molecule has 0 spiro atoms. The first-order chi connectivity index (χ1) is 18.2. The second-order valence-electron chi connectivity index (χ2n) is 8.63. The van der Waals surface area contributed by atoms with Crippen LogP contribution in [0.15, 0.2) is 106 Å². The van der Waals surface area contributed by atoms with Gasteiger partial charge >= 0.3 is 5.97 Å². The largest absolute Gasteiger partial charge is 0.463 e. The van der Waals surface area contributed by atoms with Gasteiger partial charge in [-0.05, 0) is 24.6 Å². The predicted octanol–water partition coefficient (Wildman–Crippen LogP) is 4.42. The van der Waals surface area contributed by atoms with E-state index in [0.29, 0.717) is 20.6 Å². The van der Waals surface area contributed by atoms with E-state index >= 15 is 0 Å². The molecule has 2 aromatic heterocycles. The van der Waals surface area contributed by atoms with Crippen LogP contribution in [-0.4, -0.2) is 22.1 Å². The van der Waals surface area contributed by atoms with Crippen molar-refractivity contribution in [2.45, 2.75) is 13.0 Å². The van der Waals surface area contributed by atoms with Crippen molar-refractivity contribution >= 4 is 40.0 Å². The first-order valence-electron chi connectivity index (χ1n) is 12.0. The zero-order valence-electron chi connectivity index (χ0n) is 20.0. The van der Waals surface area contributed by atoms with E-state index in [2.05, 4.69) is 4.98 Å². The topological polar surface area (TPSA) is 76.4 Å². The van der Waals surface area contributed by atoms with Gasteiger partial charge in [0, 0.05) is 28.2 Å². The maximum Gasteiger partial charge on any atom is 0.338 e. The molecule has 3 aromatic carbocycles. The van der Waals surface area contributed by atoms with E-state index in [-0.39, 0.29) is 12.2 Å². The monoisotopic (exact) mass is 505 g/mol. The first kappa shape index (κ1) is 22.9. The minimum absolute atomic E-state index is 0.197. The average molecular weight is 506 g/mol. The number of fused-ring (bicyclic) bond motifs is 2. The second-order valence-corrected chi connectivity index (χ2v) is 9.64. The third-order valence-electron chi connectivity index (χ3n) is 6.40. The van der Waals surface area contributed by atoms with Gasteiger partial charge < -0.3 is 9.72 Å². The van der Waals surface area contributed by atoms with Gasteiger partial charge in [0.1, 0.15) is 0 Å². The van der Waals surface area contributed by atoms with Crippen molar-refractivity contribution in [2.75, 3.05) is 6.61 Å². The van der Waals surface area contributed by atoms with Crippen LogP contribution in [0.2, 0.25) is 0 Å². The van der Waals surface area contributed by atoms with E-state index in [4.69, 9.17) is 9.73 Å². The molecule has 0 radical (unpaired) electrons. The summed E-state index contributed by atoms with van der Waals surface area (Å²) in [5, 5.41) is 1.03. The van der Waals surface area contributed by atoms with Gasteiger partial charge in [0.05, 0.1) is 28.5 Å². The lowest BCUT2D eigenvalue weighted by Gasteiger charge is -2.25. The Kier molecular flexibility index (Phi) is 5.90. The zero-order chi connectivity index (χ0) is 25.4. The van der Waals surface area contributed by atoms with E-state index in [1.165, 1.54) is 11.3 Å². The van der Waals surface area contributed by atoms with E-state index in [1.54, 1.807) is 11.5 Å². The van der Waals surface area contributed by atoms with Crippen LogP contribution >= 0.6 is 11.3 Å². The number of hydrogen-bond acceptors (Lipinski definition) is 5. The van der Waals surface area contributed by atoms with Crippen molar-refractivity contribution in [3.8, 4) is 0 Å². The molecule has 0 aliphatic carbocycles. The van der Waals surface area contributed by atoms with Gasteiger partial charge in [-0.15, -0.1) is 0 Å². The average Bonchev–Trinajstić information content (AvgIpc) is 3.49. The van der Waals surface area contributed by atoms with Gasteiger partial charge in [-0.3, -0.25) is 9.36 Å². The summed E-state index contributed by atoms with van der Waals surface area (Å²) in [6.45, 7) is 1.99. The first-order valence-corrected chi connectivity index (χ1v) is 12.9. The molecule has 7 heteroatoms. The molecule has 3 heterocycles. The van der Waals surface area contributed by atoms with Crippen molar-refractivity contribution in [1.29, 1.82) is 0 Å². The maximum atomic E-state index is 13.9. The number of aromatic nitrogens is 2. The minimum Gasteiger partial charge on any atom is -0.463 e. The Bertz CT molecular complexity index is 1830. The van der Waals surface area contributed by atoms with E-state index in [0.717, 1.165) is 27.6 Å². The molecule has 6 nitrogen and oxygen atoms in total. The Balaban J connectivity index is 1.65. The Morgan fingerprint density at radius 1 is 1.03 bits per heavy atom. The molecule has 0 amide bonds. The number of para-hydroxylation sites is 1. The lowest BCUT2D eigenvalue weighted by atomic mass is 9.93. The van der Waals surface area contributed by atoms with Gasteiger partial charge in [0.15, 0.2) is 4.80 Å². The summed E-state index contributed by atoms with van der Waals surface area (Å²) in [6, 6.07) is 26.4. The fourth-order valence-corrected chi connectivity index (χ4v) is 5.74. The number of nitrogens with zero attached hydrogens (tertiary/aromatic N) is 2. The normalized spacial score (nSPS) is 15.5. The molecule has 5 aromatic rings. The molecule has 1 atom stereocenters. The van der Waals surface area contributed by atoms with Crippen LogP contribution in [0, 0.1) is 0 Å². The van der Waals surface area contributed by atoms with E-state index in [9.17, 15) is 9.59 Å². The van der Waals surface area contributed by atoms with Crippen molar-refractivity contribution in [2.24, 2.45) is 4.99 Å². The standard InChI is InChI=1S/C30H23N3O3S/c1-2-36-29(35)25-26(19-11-5-3-6-12-19)32-30-33(27(25)20-13-7-4-8-14-20)28(34)24(37-30)17-21-18-31-23-16-10-9-15-22(21)23/h3-18,27,31H,2H2,1H3. The third-order valence-corrected chi connectivity index (χ3v) is 7.38. The molecule has 1 N–H and O–H groups in total. The number of carbonyl (C=O) groups is 1. The second kappa shape index (κ2) is 9.52. The Labute approximate surface area is 216 Å². The van der Waals surface area contributed by atoms with Crippen LogP contribution < -0.4 is 14.9 Å². The number of nitrogens with one attached hydrogen (secondary N) is 1. The quantitative estimate of drug-likeness (QED) is 0.360. The van der Waals surface area contributed by atoms with Crippen LogP contribution in [0.1, 0.15) is 29.7 Å². The van der Waals surface area contributed by atoms with Gasteiger partial charge in [-0.1, -0.05) is 90.2 Å². The summed E-state index contributed by atoms with van der Waals surface area (Å²) in [5.41, 5.74) is 4.20. The molecule has 0 saturated heterocycles. The van der Waals surface area contributed by atoms with Crippen molar-refractivity contribution < 1.29 is 9.53 Å². The van der Waals surface area contributed by atoms with Crippen LogP contribution in [-0.2, 0) is 9.53 Å². The number of rotatable bonds is 5. The zero-order valence-corrected chi connectivity index (χ0v) is 20.9. The molecule has 6 rings (SSSR count). The van der Waals surface area contributed by atoms with E-state index in [1.807, 2.05) is 97.2 Å². The number of ether oxygens (including phenoxy) is 1. The summed E-state index contributed by atoms with van der Waals surface area (Å²) in [4.78, 5) is 36.0. The van der Waals surface area contributed by atoms with Crippen molar-refractivity contribution in [1.82, 2.24) is 9.55 Å². The Morgan fingerprint density at radius 2 is 1.73 bits per heavy atom. The number of esters is 1. The molecule has 0 bridgehead atoms. The molecule has 1 aliphatic rings. The molecular formula is C30H23N3O3S. The summed E-state index contributed by atoms with van der Waals surface area (Å²) in [5.74, 6) is -0.482. The Hall–Kier alpha value is -4.49. The molecule has 0 saturated carbocycles. The number of aromatic amines is 1. The minimum atomic E-state index is -0.670. The van der Waals surface area contributed by atoms with Crippen molar-refractivity contribution in [3.63, 3.8) is 0 Å². The van der Waals surface area contributed by atoms with Crippen LogP contribution in [0.4, 0.5) is 0 Å². The molecule has 37 heavy (non-hydrogen) atoms. The number of benzene rings is 3. The predicted molar refractivity (Wildman–Crippen MR) is 146 cm³/mol. The van der Waals surface area contributed by atoms with Gasteiger partial charge in [0.2, 0.25) is 0 Å². The lowest BCUT2D eigenvalue weighted by Crippen LogP contribution is -2.39. The van der Waals surface area contributed by atoms with Gasteiger partial charge in [0.25, 0.3) is 5.56 Å². The molecule has 1 unspecified atom stereocenters. The van der Waals surface area contributed by atoms with Crippen LogP contribution in [0.3, 0.4) is 0 Å². The number of thiazole rings is 1. The summed E-state index contributed by atoms with van der Waals surface area (Å²) in [6.07, 6.45) is 3.79. The molecule has 0 fully saturated rings. The summed E-state index contributed by atoms with van der Waals surface area (Å²) < 4.78 is 7.67. The lowest BCUT2D eigenvalue weighted by molar-refractivity contribution is -0.138. The third kappa shape index (κ3) is 4.03. The van der Waals surface area contributed by atoms with Gasteiger partial charge in [-0.2, -0.15) is 0 Å². The van der Waals surface area contributed by atoms with E-state index < -0.39 is 12.0 Å². The highest BCUT2D eigenvalue weighted by atomic mass is 32.1. The fourth-order valence-electron chi connectivity index (χ4n) is 4.75. The molecule has 182 valence electrons. The smallest absolute Gasteiger partial charge is 0.338 e. The summed E-state index contributed by atoms with van der Waals surface area (Å²) in [7, 11) is 0. The highest BCUT2D eigenvalue weighted by molar-refractivity contribution is 7.07.